The van der Waals surface area contributed by atoms with E-state index in [9.17, 15) is 23.1 Å². The van der Waals surface area contributed by atoms with Crippen LogP contribution in [0.25, 0.3) is 0 Å². The van der Waals surface area contributed by atoms with Crippen LogP contribution < -0.4 is 9.47 Å². The van der Waals surface area contributed by atoms with Crippen LogP contribution in [0.2, 0.25) is 0 Å². The topological polar surface area (TPSA) is 81.8 Å². The first-order chi connectivity index (χ1) is 14.7. The maximum absolute atomic E-state index is 12.5. The van der Waals surface area contributed by atoms with Gasteiger partial charge in [-0.1, -0.05) is 30.3 Å². The van der Waals surface area contributed by atoms with E-state index in [-0.39, 0.29) is 18.8 Å². The molecule has 0 aliphatic rings. The fourth-order valence-corrected chi connectivity index (χ4v) is 3.16. The van der Waals surface area contributed by atoms with Gasteiger partial charge in [0.2, 0.25) is 0 Å². The molecule has 1 aromatic heterocycles. The molecule has 3 aromatic rings. The summed E-state index contributed by atoms with van der Waals surface area (Å²) < 4.78 is 52.1. The number of halogens is 3. The van der Waals surface area contributed by atoms with Crippen molar-refractivity contribution in [3.63, 3.8) is 0 Å². The van der Waals surface area contributed by atoms with Crippen molar-refractivity contribution in [2.45, 2.75) is 38.7 Å². The van der Waals surface area contributed by atoms with E-state index in [1.54, 1.807) is 43.3 Å². The highest BCUT2D eigenvalue weighted by Crippen LogP contribution is 2.30. The van der Waals surface area contributed by atoms with Crippen LogP contribution in [0.3, 0.4) is 0 Å². The molecule has 0 spiro atoms. The number of hydrogen-bond donors (Lipinski definition) is 1. The van der Waals surface area contributed by atoms with Gasteiger partial charge in [0.05, 0.1) is 12.1 Å². The predicted molar refractivity (Wildman–Crippen MR) is 104 cm³/mol. The SMILES string of the molecule is CCc1cc(COc2ccc([C@H](CC(=O)O)c3ccon3)cc2)ccc1OC(F)(F)F. The molecule has 0 aliphatic carbocycles. The molecule has 2 aromatic carbocycles. The molecule has 6 nitrogen and oxygen atoms in total. The van der Waals surface area contributed by atoms with Crippen molar-refractivity contribution >= 4 is 5.97 Å². The van der Waals surface area contributed by atoms with E-state index in [4.69, 9.17) is 9.26 Å². The van der Waals surface area contributed by atoms with E-state index < -0.39 is 18.2 Å². The molecule has 0 saturated heterocycles. The third-order valence-electron chi connectivity index (χ3n) is 4.61. The Bertz CT molecular complexity index is 1000. The van der Waals surface area contributed by atoms with Crippen molar-refractivity contribution in [1.82, 2.24) is 5.16 Å². The summed E-state index contributed by atoms with van der Waals surface area (Å²) in [6, 6.07) is 12.9. The lowest BCUT2D eigenvalue weighted by Crippen LogP contribution is -2.18. The lowest BCUT2D eigenvalue weighted by molar-refractivity contribution is -0.274. The van der Waals surface area contributed by atoms with Crippen LogP contribution in [0.4, 0.5) is 13.2 Å². The van der Waals surface area contributed by atoms with Crippen molar-refractivity contribution in [3.05, 3.63) is 77.2 Å². The van der Waals surface area contributed by atoms with Crippen molar-refractivity contribution in [2.24, 2.45) is 0 Å². The summed E-state index contributed by atoms with van der Waals surface area (Å²) in [7, 11) is 0. The molecule has 0 amide bonds. The van der Waals surface area contributed by atoms with Crippen molar-refractivity contribution in [1.29, 1.82) is 0 Å². The quantitative estimate of drug-likeness (QED) is 0.490. The molecule has 9 heteroatoms. The molecule has 31 heavy (non-hydrogen) atoms. The molecule has 1 atom stereocenters. The minimum Gasteiger partial charge on any atom is -0.489 e. The Labute approximate surface area is 176 Å². The number of benzene rings is 2. The summed E-state index contributed by atoms with van der Waals surface area (Å²) in [4.78, 5) is 11.2. The van der Waals surface area contributed by atoms with E-state index in [0.29, 0.717) is 29.0 Å². The lowest BCUT2D eigenvalue weighted by Gasteiger charge is -2.15. The summed E-state index contributed by atoms with van der Waals surface area (Å²) in [6.07, 6.45) is -3.12. The molecular weight excluding hydrogens is 415 g/mol. The van der Waals surface area contributed by atoms with Crippen LogP contribution >= 0.6 is 0 Å². The van der Waals surface area contributed by atoms with E-state index in [2.05, 4.69) is 9.89 Å². The summed E-state index contributed by atoms with van der Waals surface area (Å²) in [5, 5.41) is 13.0. The third kappa shape index (κ3) is 6.24. The second-order valence-electron chi connectivity index (χ2n) is 6.78. The molecule has 0 fully saturated rings. The number of aryl methyl sites for hydroxylation is 1. The van der Waals surface area contributed by atoms with Crippen LogP contribution in [-0.4, -0.2) is 22.6 Å². The molecule has 0 radical (unpaired) electrons. The Morgan fingerprint density at radius 1 is 1.16 bits per heavy atom. The maximum atomic E-state index is 12.5. The van der Waals surface area contributed by atoms with Gasteiger partial charge in [0, 0.05) is 12.0 Å². The summed E-state index contributed by atoms with van der Waals surface area (Å²) >= 11 is 0. The van der Waals surface area contributed by atoms with Crippen molar-refractivity contribution in [3.8, 4) is 11.5 Å². The molecular formula is C22H20F3NO5. The van der Waals surface area contributed by atoms with E-state index >= 15 is 0 Å². The van der Waals surface area contributed by atoms with E-state index in [0.717, 1.165) is 5.56 Å². The van der Waals surface area contributed by atoms with Gasteiger partial charge in [0.25, 0.3) is 0 Å². The smallest absolute Gasteiger partial charge is 0.489 e. The predicted octanol–water partition coefficient (Wildman–Crippen LogP) is 5.32. The van der Waals surface area contributed by atoms with Gasteiger partial charge in [-0.25, -0.2) is 0 Å². The number of aliphatic carboxylic acids is 1. The van der Waals surface area contributed by atoms with Gasteiger partial charge in [-0.05, 0) is 47.4 Å². The largest absolute Gasteiger partial charge is 0.573 e. The van der Waals surface area contributed by atoms with Crippen LogP contribution in [0, 0.1) is 0 Å². The van der Waals surface area contributed by atoms with E-state index in [1.807, 2.05) is 0 Å². The normalized spacial score (nSPS) is 12.4. The van der Waals surface area contributed by atoms with Gasteiger partial charge < -0.3 is 19.1 Å². The summed E-state index contributed by atoms with van der Waals surface area (Å²) in [5.41, 5.74) is 2.38. The van der Waals surface area contributed by atoms with Crippen LogP contribution in [0.1, 0.15) is 41.6 Å². The van der Waals surface area contributed by atoms with Crippen molar-refractivity contribution in [2.75, 3.05) is 0 Å². The Morgan fingerprint density at radius 2 is 1.90 bits per heavy atom. The van der Waals surface area contributed by atoms with Gasteiger partial charge in [-0.2, -0.15) is 0 Å². The number of hydrogen-bond acceptors (Lipinski definition) is 5. The Hall–Kier alpha value is -3.49. The number of nitrogens with zero attached hydrogens (tertiary/aromatic N) is 1. The van der Waals surface area contributed by atoms with Gasteiger partial charge in [-0.3, -0.25) is 4.79 Å². The van der Waals surface area contributed by atoms with E-state index in [1.165, 1.54) is 18.4 Å². The van der Waals surface area contributed by atoms with Gasteiger partial charge >= 0.3 is 12.3 Å². The summed E-state index contributed by atoms with van der Waals surface area (Å²) in [6.45, 7) is 1.89. The number of alkyl halides is 3. The highest BCUT2D eigenvalue weighted by atomic mass is 19.4. The first kappa shape index (κ1) is 22.2. The highest BCUT2D eigenvalue weighted by Gasteiger charge is 2.32. The monoisotopic (exact) mass is 435 g/mol. The molecule has 0 aliphatic heterocycles. The average molecular weight is 435 g/mol. The standard InChI is InChI=1S/C22H20F3NO5/c1-2-15-11-14(3-8-20(15)31-22(23,24)25)13-29-17-6-4-16(5-7-17)18(12-21(27)28)19-9-10-30-26-19/h3-11,18H,2,12-13H2,1H3,(H,27,28)/t18-/m0/s1. The molecule has 0 saturated carbocycles. The number of carboxylic acids is 1. The first-order valence-corrected chi connectivity index (χ1v) is 9.47. The molecule has 164 valence electrons. The minimum absolute atomic E-state index is 0.140. The van der Waals surface area contributed by atoms with Gasteiger partial charge in [-0.15, -0.1) is 13.2 Å². The molecule has 1 heterocycles. The average Bonchev–Trinajstić information content (AvgIpc) is 3.25. The van der Waals surface area contributed by atoms with Crippen LogP contribution in [0.15, 0.2) is 59.3 Å². The molecule has 1 N–H and O–H groups in total. The van der Waals surface area contributed by atoms with Crippen molar-refractivity contribution < 1.29 is 37.1 Å². The zero-order valence-electron chi connectivity index (χ0n) is 16.6. The number of rotatable bonds is 9. The fraction of sp³-hybridized carbons (Fsp3) is 0.273. The van der Waals surface area contributed by atoms with Crippen LogP contribution in [0.5, 0.6) is 11.5 Å². The van der Waals surface area contributed by atoms with Gasteiger partial charge in [0.15, 0.2) is 0 Å². The Balaban J connectivity index is 1.68. The Kier molecular flexibility index (Phi) is 6.84. The minimum atomic E-state index is -4.74. The Morgan fingerprint density at radius 3 is 2.48 bits per heavy atom. The molecule has 3 rings (SSSR count). The number of carboxylic acid groups (broad SMARTS) is 1. The molecule has 0 unspecified atom stereocenters. The first-order valence-electron chi connectivity index (χ1n) is 9.47. The maximum Gasteiger partial charge on any atom is 0.573 e. The zero-order chi connectivity index (χ0) is 22.4. The zero-order valence-corrected chi connectivity index (χ0v) is 16.6. The number of ether oxygens (including phenoxy) is 2. The second kappa shape index (κ2) is 9.55. The number of aromatic nitrogens is 1. The van der Waals surface area contributed by atoms with Gasteiger partial charge in [0.1, 0.15) is 24.4 Å². The third-order valence-corrected chi connectivity index (χ3v) is 4.61. The highest BCUT2D eigenvalue weighted by molar-refractivity contribution is 5.68. The lowest BCUT2D eigenvalue weighted by atomic mass is 9.92. The summed E-state index contributed by atoms with van der Waals surface area (Å²) in [5.74, 6) is -1.11. The fourth-order valence-electron chi connectivity index (χ4n) is 3.16. The second-order valence-corrected chi connectivity index (χ2v) is 6.78. The number of carbonyl (C=O) groups is 1. The van der Waals surface area contributed by atoms with Crippen LogP contribution in [-0.2, 0) is 17.8 Å². The molecule has 0 bridgehead atoms.